The highest BCUT2D eigenvalue weighted by Crippen LogP contribution is 2.09. The molecule has 70 valence electrons. The number of anilines is 1. The molecule has 0 saturated heterocycles. The van der Waals surface area contributed by atoms with Gasteiger partial charge in [0.25, 0.3) is 0 Å². The standard InChI is InChI=1S/C8H11N3O2/c1-3-4-9-8(12)10-7-6(2)5-13-11-7/h3,5H,1,4H2,2H3,(H2,9,10,11,12). The molecule has 0 aliphatic carbocycles. The Morgan fingerprint density at radius 1 is 1.85 bits per heavy atom. The van der Waals surface area contributed by atoms with Crippen molar-refractivity contribution in [1.82, 2.24) is 10.5 Å². The Morgan fingerprint density at radius 3 is 3.15 bits per heavy atom. The second-order valence-electron chi connectivity index (χ2n) is 2.47. The monoisotopic (exact) mass is 181 g/mol. The second-order valence-corrected chi connectivity index (χ2v) is 2.47. The molecule has 1 aromatic rings. The third-order valence-corrected chi connectivity index (χ3v) is 1.39. The molecule has 1 rings (SSSR count). The number of carbonyl (C=O) groups is 1. The van der Waals surface area contributed by atoms with Crippen LogP contribution in [0, 0.1) is 6.92 Å². The van der Waals surface area contributed by atoms with Gasteiger partial charge in [0.1, 0.15) is 6.26 Å². The highest BCUT2D eigenvalue weighted by molar-refractivity contribution is 5.88. The Balaban J connectivity index is 2.45. The van der Waals surface area contributed by atoms with Crippen molar-refractivity contribution in [3.8, 4) is 0 Å². The molecule has 2 amide bonds. The van der Waals surface area contributed by atoms with Gasteiger partial charge in [0, 0.05) is 12.1 Å². The molecular weight excluding hydrogens is 170 g/mol. The topological polar surface area (TPSA) is 67.2 Å². The van der Waals surface area contributed by atoms with Gasteiger partial charge in [0.05, 0.1) is 0 Å². The van der Waals surface area contributed by atoms with Gasteiger partial charge in [-0.25, -0.2) is 4.79 Å². The van der Waals surface area contributed by atoms with Gasteiger partial charge >= 0.3 is 6.03 Å². The summed E-state index contributed by atoms with van der Waals surface area (Å²) in [6, 6.07) is -0.322. The number of hydrogen-bond acceptors (Lipinski definition) is 3. The van der Waals surface area contributed by atoms with Gasteiger partial charge in [0.15, 0.2) is 5.82 Å². The number of hydrogen-bond donors (Lipinski definition) is 2. The summed E-state index contributed by atoms with van der Waals surface area (Å²) in [5, 5.41) is 8.66. The number of carbonyl (C=O) groups excluding carboxylic acids is 1. The molecule has 13 heavy (non-hydrogen) atoms. The zero-order valence-electron chi connectivity index (χ0n) is 7.33. The van der Waals surface area contributed by atoms with E-state index in [0.717, 1.165) is 5.56 Å². The molecule has 1 aromatic heterocycles. The summed E-state index contributed by atoms with van der Waals surface area (Å²) >= 11 is 0. The quantitative estimate of drug-likeness (QED) is 0.690. The molecule has 2 N–H and O–H groups in total. The summed E-state index contributed by atoms with van der Waals surface area (Å²) in [5.74, 6) is 0.432. The Hall–Kier alpha value is -1.78. The van der Waals surface area contributed by atoms with E-state index in [1.807, 2.05) is 0 Å². The molecule has 0 radical (unpaired) electrons. The van der Waals surface area contributed by atoms with Crippen molar-refractivity contribution in [3.63, 3.8) is 0 Å². The normalized spacial score (nSPS) is 9.31. The number of urea groups is 1. The van der Waals surface area contributed by atoms with Crippen molar-refractivity contribution in [2.24, 2.45) is 0 Å². The Kier molecular flexibility index (Phi) is 3.08. The van der Waals surface area contributed by atoms with Crippen LogP contribution in [0.1, 0.15) is 5.56 Å². The van der Waals surface area contributed by atoms with Crippen molar-refractivity contribution in [2.75, 3.05) is 11.9 Å². The first-order valence-corrected chi connectivity index (χ1v) is 3.80. The van der Waals surface area contributed by atoms with Gasteiger partial charge in [-0.3, -0.25) is 5.32 Å². The number of amides is 2. The number of rotatable bonds is 3. The van der Waals surface area contributed by atoms with Crippen molar-refractivity contribution < 1.29 is 9.32 Å². The van der Waals surface area contributed by atoms with E-state index < -0.39 is 0 Å². The summed E-state index contributed by atoms with van der Waals surface area (Å²) in [5.41, 5.74) is 0.786. The molecule has 0 fully saturated rings. The van der Waals surface area contributed by atoms with Crippen LogP contribution in [0.3, 0.4) is 0 Å². The summed E-state index contributed by atoms with van der Waals surface area (Å²) in [4.78, 5) is 11.1. The van der Waals surface area contributed by atoms with Crippen LogP contribution in [-0.2, 0) is 0 Å². The van der Waals surface area contributed by atoms with Gasteiger partial charge in [0.2, 0.25) is 0 Å². The Bertz CT molecular complexity index is 306. The van der Waals surface area contributed by atoms with E-state index in [9.17, 15) is 4.79 Å². The maximum Gasteiger partial charge on any atom is 0.320 e. The number of nitrogens with one attached hydrogen (secondary N) is 2. The summed E-state index contributed by atoms with van der Waals surface area (Å²) in [6.07, 6.45) is 3.05. The SMILES string of the molecule is C=CCNC(=O)Nc1nocc1C. The van der Waals surface area contributed by atoms with E-state index in [4.69, 9.17) is 0 Å². The molecular formula is C8H11N3O2. The summed E-state index contributed by atoms with van der Waals surface area (Å²) < 4.78 is 4.64. The summed E-state index contributed by atoms with van der Waals surface area (Å²) in [7, 11) is 0. The van der Waals surface area contributed by atoms with Crippen LogP contribution in [0.25, 0.3) is 0 Å². The lowest BCUT2D eigenvalue weighted by Gasteiger charge is -2.01. The van der Waals surface area contributed by atoms with Crippen LogP contribution in [0.15, 0.2) is 23.4 Å². The molecule has 1 heterocycles. The number of nitrogens with zero attached hydrogens (tertiary/aromatic N) is 1. The highest BCUT2D eigenvalue weighted by Gasteiger charge is 2.05. The molecule has 0 aliphatic heterocycles. The minimum Gasteiger partial charge on any atom is -0.362 e. The molecule has 0 spiro atoms. The molecule has 0 aliphatic rings. The maximum atomic E-state index is 11.1. The second kappa shape index (κ2) is 4.30. The smallest absolute Gasteiger partial charge is 0.320 e. The van der Waals surface area contributed by atoms with Gasteiger partial charge in [-0.15, -0.1) is 6.58 Å². The van der Waals surface area contributed by atoms with Crippen LogP contribution in [0.4, 0.5) is 10.6 Å². The first-order valence-electron chi connectivity index (χ1n) is 3.80. The van der Waals surface area contributed by atoms with Gasteiger partial charge in [-0.1, -0.05) is 11.2 Å². The minimum atomic E-state index is -0.322. The Morgan fingerprint density at radius 2 is 2.62 bits per heavy atom. The number of aryl methyl sites for hydroxylation is 1. The lowest BCUT2D eigenvalue weighted by Crippen LogP contribution is -2.28. The fraction of sp³-hybridized carbons (Fsp3) is 0.250. The maximum absolute atomic E-state index is 11.1. The van der Waals surface area contributed by atoms with E-state index >= 15 is 0 Å². The molecule has 5 heteroatoms. The lowest BCUT2D eigenvalue weighted by molar-refractivity contribution is 0.253. The molecule has 0 unspecified atom stereocenters. The largest absolute Gasteiger partial charge is 0.362 e. The zero-order chi connectivity index (χ0) is 9.68. The van der Waals surface area contributed by atoms with Crippen LogP contribution >= 0.6 is 0 Å². The predicted molar refractivity (Wildman–Crippen MR) is 48.5 cm³/mol. The van der Waals surface area contributed by atoms with Gasteiger partial charge < -0.3 is 9.84 Å². The van der Waals surface area contributed by atoms with Crippen LogP contribution in [0.5, 0.6) is 0 Å². The third-order valence-electron chi connectivity index (χ3n) is 1.39. The van der Waals surface area contributed by atoms with Gasteiger partial charge in [-0.2, -0.15) is 0 Å². The van der Waals surface area contributed by atoms with Crippen LogP contribution in [0.2, 0.25) is 0 Å². The average Bonchev–Trinajstić information content (AvgIpc) is 2.48. The van der Waals surface area contributed by atoms with E-state index in [-0.39, 0.29) is 6.03 Å². The van der Waals surface area contributed by atoms with Gasteiger partial charge in [-0.05, 0) is 6.92 Å². The van der Waals surface area contributed by atoms with Crippen molar-refractivity contribution in [3.05, 3.63) is 24.5 Å². The number of aromatic nitrogens is 1. The van der Waals surface area contributed by atoms with Crippen LogP contribution < -0.4 is 10.6 Å². The highest BCUT2D eigenvalue weighted by atomic mass is 16.5. The van der Waals surface area contributed by atoms with Crippen molar-refractivity contribution in [1.29, 1.82) is 0 Å². The third kappa shape index (κ3) is 2.62. The van der Waals surface area contributed by atoms with E-state index in [1.54, 1.807) is 13.0 Å². The summed E-state index contributed by atoms with van der Waals surface area (Å²) in [6.45, 7) is 5.68. The van der Waals surface area contributed by atoms with E-state index in [1.165, 1.54) is 6.26 Å². The first-order chi connectivity index (χ1) is 6.24. The molecule has 5 nitrogen and oxygen atoms in total. The zero-order valence-corrected chi connectivity index (χ0v) is 7.33. The first kappa shape index (κ1) is 9.31. The molecule has 0 aromatic carbocycles. The van der Waals surface area contributed by atoms with Crippen molar-refractivity contribution >= 4 is 11.8 Å². The fourth-order valence-corrected chi connectivity index (χ4v) is 0.724. The molecule has 0 saturated carbocycles. The molecule has 0 bridgehead atoms. The lowest BCUT2D eigenvalue weighted by atomic mass is 10.4. The van der Waals surface area contributed by atoms with Crippen LogP contribution in [-0.4, -0.2) is 17.7 Å². The van der Waals surface area contributed by atoms with E-state index in [0.29, 0.717) is 12.4 Å². The fourth-order valence-electron chi connectivity index (χ4n) is 0.724. The van der Waals surface area contributed by atoms with E-state index in [2.05, 4.69) is 26.9 Å². The van der Waals surface area contributed by atoms with Crippen molar-refractivity contribution in [2.45, 2.75) is 6.92 Å². The molecule has 0 atom stereocenters. The average molecular weight is 181 g/mol. The minimum absolute atomic E-state index is 0.322. The Labute approximate surface area is 75.8 Å². The predicted octanol–water partition coefficient (Wildman–Crippen LogP) is 1.29.